The molecule has 1 fully saturated rings. The van der Waals surface area contributed by atoms with Crippen LogP contribution < -0.4 is 5.32 Å². The van der Waals surface area contributed by atoms with Crippen molar-refractivity contribution in [2.24, 2.45) is 5.92 Å². The molecule has 0 radical (unpaired) electrons. The number of carbonyl (C=O) groups is 1. The van der Waals surface area contributed by atoms with Crippen molar-refractivity contribution in [3.8, 4) is 5.69 Å². The first kappa shape index (κ1) is 15.7. The first-order chi connectivity index (χ1) is 11.2. The fourth-order valence-electron chi connectivity index (χ4n) is 3.14. The number of nitrogens with zero attached hydrogens (tertiary/aromatic N) is 3. The summed E-state index contributed by atoms with van der Waals surface area (Å²) < 4.78 is 1.67. The summed E-state index contributed by atoms with van der Waals surface area (Å²) in [4.78, 5) is 16.4. The van der Waals surface area contributed by atoms with Crippen molar-refractivity contribution >= 4 is 5.91 Å². The third-order valence-electron chi connectivity index (χ3n) is 4.58. The molecule has 0 atom stereocenters. The SMILES string of the molecule is Cc1cc(-n2cncn2)ccc1C(=O)NC1CCC(CO)CC1. The van der Waals surface area contributed by atoms with E-state index in [9.17, 15) is 9.90 Å². The van der Waals surface area contributed by atoms with Crippen LogP contribution in [-0.2, 0) is 0 Å². The van der Waals surface area contributed by atoms with Gasteiger partial charge in [0.1, 0.15) is 12.7 Å². The summed E-state index contributed by atoms with van der Waals surface area (Å²) in [6, 6.07) is 5.85. The zero-order chi connectivity index (χ0) is 16.2. The smallest absolute Gasteiger partial charge is 0.251 e. The minimum atomic E-state index is -0.0277. The zero-order valence-corrected chi connectivity index (χ0v) is 13.3. The van der Waals surface area contributed by atoms with E-state index in [2.05, 4.69) is 15.4 Å². The molecule has 1 amide bonds. The molecule has 1 saturated carbocycles. The quantitative estimate of drug-likeness (QED) is 0.902. The number of benzene rings is 1. The molecule has 0 saturated heterocycles. The second-order valence-corrected chi connectivity index (χ2v) is 6.21. The van der Waals surface area contributed by atoms with Gasteiger partial charge in [-0.15, -0.1) is 0 Å². The van der Waals surface area contributed by atoms with E-state index in [-0.39, 0.29) is 18.6 Å². The van der Waals surface area contributed by atoms with Gasteiger partial charge in [0.25, 0.3) is 5.91 Å². The van der Waals surface area contributed by atoms with Gasteiger partial charge in [-0.2, -0.15) is 5.10 Å². The van der Waals surface area contributed by atoms with Crippen molar-refractivity contribution < 1.29 is 9.90 Å². The fraction of sp³-hybridized carbons (Fsp3) is 0.471. The Bertz CT molecular complexity index is 661. The van der Waals surface area contributed by atoms with Crippen LogP contribution in [0.15, 0.2) is 30.9 Å². The van der Waals surface area contributed by atoms with Crippen molar-refractivity contribution in [3.05, 3.63) is 42.0 Å². The molecule has 1 heterocycles. The van der Waals surface area contributed by atoms with E-state index in [1.165, 1.54) is 6.33 Å². The number of hydrogen-bond donors (Lipinski definition) is 2. The van der Waals surface area contributed by atoms with Gasteiger partial charge in [0.05, 0.1) is 5.69 Å². The van der Waals surface area contributed by atoms with Gasteiger partial charge in [-0.1, -0.05) is 0 Å². The molecule has 2 N–H and O–H groups in total. The van der Waals surface area contributed by atoms with Crippen LogP contribution >= 0.6 is 0 Å². The van der Waals surface area contributed by atoms with Crippen LogP contribution in [0.1, 0.15) is 41.6 Å². The highest BCUT2D eigenvalue weighted by atomic mass is 16.3. The molecule has 23 heavy (non-hydrogen) atoms. The number of aromatic nitrogens is 3. The van der Waals surface area contributed by atoms with Gasteiger partial charge in [0.2, 0.25) is 0 Å². The van der Waals surface area contributed by atoms with Crippen LogP contribution in [0.3, 0.4) is 0 Å². The van der Waals surface area contributed by atoms with Gasteiger partial charge in [0.15, 0.2) is 0 Å². The highest BCUT2D eigenvalue weighted by molar-refractivity contribution is 5.96. The summed E-state index contributed by atoms with van der Waals surface area (Å²) >= 11 is 0. The van der Waals surface area contributed by atoms with Gasteiger partial charge < -0.3 is 10.4 Å². The Hall–Kier alpha value is -2.21. The second-order valence-electron chi connectivity index (χ2n) is 6.21. The molecule has 0 spiro atoms. The molecule has 3 rings (SSSR count). The maximum atomic E-state index is 12.5. The van der Waals surface area contributed by atoms with Crippen molar-refractivity contribution in [1.82, 2.24) is 20.1 Å². The number of aryl methyl sites for hydroxylation is 1. The average molecular weight is 314 g/mol. The molecule has 0 aliphatic heterocycles. The Labute approximate surface area is 135 Å². The predicted octanol–water partition coefficient (Wildman–Crippen LogP) is 1.86. The van der Waals surface area contributed by atoms with Crippen molar-refractivity contribution in [2.75, 3.05) is 6.61 Å². The summed E-state index contributed by atoms with van der Waals surface area (Å²) in [6.07, 6.45) is 6.95. The van der Waals surface area contributed by atoms with Crippen LogP contribution in [-0.4, -0.2) is 38.4 Å². The van der Waals surface area contributed by atoms with Crippen LogP contribution in [0, 0.1) is 12.8 Å². The summed E-state index contributed by atoms with van der Waals surface area (Å²) in [5.41, 5.74) is 2.50. The fourth-order valence-corrected chi connectivity index (χ4v) is 3.14. The summed E-state index contributed by atoms with van der Waals surface area (Å²) in [7, 11) is 0. The van der Waals surface area contributed by atoms with E-state index in [0.717, 1.165) is 36.9 Å². The number of rotatable bonds is 4. The number of nitrogens with one attached hydrogen (secondary N) is 1. The van der Waals surface area contributed by atoms with Gasteiger partial charge in [0, 0.05) is 18.2 Å². The second kappa shape index (κ2) is 6.91. The Kier molecular flexibility index (Phi) is 4.71. The third kappa shape index (κ3) is 3.59. The van der Waals surface area contributed by atoms with Crippen LogP contribution in [0.4, 0.5) is 0 Å². The van der Waals surface area contributed by atoms with Gasteiger partial charge >= 0.3 is 0 Å². The topological polar surface area (TPSA) is 80.0 Å². The third-order valence-corrected chi connectivity index (χ3v) is 4.58. The maximum absolute atomic E-state index is 12.5. The van der Waals surface area contributed by atoms with Gasteiger partial charge in [-0.05, 0) is 62.3 Å². The van der Waals surface area contributed by atoms with Crippen molar-refractivity contribution in [3.63, 3.8) is 0 Å². The highest BCUT2D eigenvalue weighted by Crippen LogP contribution is 2.24. The largest absolute Gasteiger partial charge is 0.396 e. The lowest BCUT2D eigenvalue weighted by atomic mass is 9.86. The molecular formula is C17H22N4O2. The number of hydrogen-bond acceptors (Lipinski definition) is 4. The summed E-state index contributed by atoms with van der Waals surface area (Å²) in [5, 5.41) is 16.4. The lowest BCUT2D eigenvalue weighted by Gasteiger charge is -2.28. The molecule has 1 aliphatic carbocycles. The molecule has 6 nitrogen and oxygen atoms in total. The monoisotopic (exact) mass is 314 g/mol. The standard InChI is InChI=1S/C17H22N4O2/c1-12-8-15(21-11-18-10-19-21)6-7-16(12)17(23)20-14-4-2-13(9-22)3-5-14/h6-8,10-11,13-14,22H,2-5,9H2,1H3,(H,20,23). The number of amides is 1. The Balaban J connectivity index is 1.66. The first-order valence-corrected chi connectivity index (χ1v) is 8.04. The number of aliphatic hydroxyl groups is 1. The summed E-state index contributed by atoms with van der Waals surface area (Å²) in [5.74, 6) is 0.368. The Morgan fingerprint density at radius 1 is 1.35 bits per heavy atom. The molecule has 1 aromatic carbocycles. The summed E-state index contributed by atoms with van der Waals surface area (Å²) in [6.45, 7) is 2.18. The van der Waals surface area contributed by atoms with Gasteiger partial charge in [-0.3, -0.25) is 4.79 Å². The van der Waals surface area contributed by atoms with E-state index in [1.807, 2.05) is 25.1 Å². The molecule has 122 valence electrons. The van der Waals surface area contributed by atoms with Gasteiger partial charge in [-0.25, -0.2) is 9.67 Å². The molecule has 1 aliphatic rings. The Morgan fingerprint density at radius 3 is 2.74 bits per heavy atom. The predicted molar refractivity (Wildman–Crippen MR) is 86.4 cm³/mol. The maximum Gasteiger partial charge on any atom is 0.251 e. The van der Waals surface area contributed by atoms with Crippen LogP contribution in [0.2, 0.25) is 0 Å². The molecule has 1 aromatic heterocycles. The normalized spacial score (nSPS) is 21.1. The lowest BCUT2D eigenvalue weighted by molar-refractivity contribution is 0.0913. The first-order valence-electron chi connectivity index (χ1n) is 8.04. The Morgan fingerprint density at radius 2 is 2.13 bits per heavy atom. The molecular weight excluding hydrogens is 292 g/mol. The number of carbonyl (C=O) groups excluding carboxylic acids is 1. The molecule has 0 unspecified atom stereocenters. The number of aliphatic hydroxyl groups excluding tert-OH is 1. The van der Waals surface area contributed by atoms with Crippen LogP contribution in [0.25, 0.3) is 5.69 Å². The highest BCUT2D eigenvalue weighted by Gasteiger charge is 2.22. The van der Waals surface area contributed by atoms with E-state index in [1.54, 1.807) is 11.0 Å². The minimum absolute atomic E-state index is 0.0277. The van der Waals surface area contributed by atoms with Crippen LogP contribution in [0.5, 0.6) is 0 Å². The van der Waals surface area contributed by atoms with E-state index in [0.29, 0.717) is 11.5 Å². The van der Waals surface area contributed by atoms with E-state index in [4.69, 9.17) is 0 Å². The van der Waals surface area contributed by atoms with Crippen molar-refractivity contribution in [1.29, 1.82) is 0 Å². The lowest BCUT2D eigenvalue weighted by Crippen LogP contribution is -2.38. The average Bonchev–Trinajstić information content (AvgIpc) is 3.10. The van der Waals surface area contributed by atoms with E-state index >= 15 is 0 Å². The van der Waals surface area contributed by atoms with E-state index < -0.39 is 0 Å². The molecule has 6 heteroatoms. The molecule has 0 bridgehead atoms. The van der Waals surface area contributed by atoms with Crippen molar-refractivity contribution in [2.45, 2.75) is 38.6 Å². The zero-order valence-electron chi connectivity index (χ0n) is 13.3. The molecule has 2 aromatic rings. The minimum Gasteiger partial charge on any atom is -0.396 e.